The van der Waals surface area contributed by atoms with Gasteiger partial charge in [0.05, 0.1) is 18.3 Å². The van der Waals surface area contributed by atoms with Gasteiger partial charge in [-0.1, -0.05) is 0 Å². The molecule has 0 atom stereocenters. The number of sulfonamides is 1. The predicted octanol–water partition coefficient (Wildman–Crippen LogP) is 1.28. The van der Waals surface area contributed by atoms with Crippen molar-refractivity contribution in [3.63, 3.8) is 0 Å². The maximum absolute atomic E-state index is 11.7. The summed E-state index contributed by atoms with van der Waals surface area (Å²) in [6, 6.07) is 6.55. The van der Waals surface area contributed by atoms with Crippen molar-refractivity contribution in [2.45, 2.75) is 17.9 Å². The number of fused-ring (bicyclic) bond motifs is 1. The van der Waals surface area contributed by atoms with E-state index in [2.05, 4.69) is 4.90 Å². The van der Waals surface area contributed by atoms with Gasteiger partial charge >= 0.3 is 5.97 Å². The highest BCUT2D eigenvalue weighted by Gasteiger charge is 2.24. The van der Waals surface area contributed by atoms with Crippen molar-refractivity contribution in [3.8, 4) is 0 Å². The average molecular weight is 336 g/mol. The van der Waals surface area contributed by atoms with Crippen molar-refractivity contribution < 1.29 is 22.4 Å². The standard InChI is InChI=1S/C15H16N2O5S/c1-21-15(18)14-11(5-7-22-14)9-17-6-4-10-8-12(23(16,19)20)2-3-13(10)17/h2-3,5,7-8H,4,6,9H2,1H3,(H2,16,19,20). The topological polar surface area (TPSA) is 103 Å². The van der Waals surface area contributed by atoms with Crippen LogP contribution in [0.1, 0.15) is 21.7 Å². The fourth-order valence-corrected chi connectivity index (χ4v) is 3.29. The van der Waals surface area contributed by atoms with E-state index in [4.69, 9.17) is 14.3 Å². The molecule has 2 N–H and O–H groups in total. The number of nitrogens with zero attached hydrogens (tertiary/aromatic N) is 1. The maximum Gasteiger partial charge on any atom is 0.374 e. The van der Waals surface area contributed by atoms with Crippen molar-refractivity contribution in [2.24, 2.45) is 5.14 Å². The first-order valence-electron chi connectivity index (χ1n) is 6.95. The highest BCUT2D eigenvalue weighted by Crippen LogP contribution is 2.31. The van der Waals surface area contributed by atoms with E-state index in [1.54, 1.807) is 18.2 Å². The first-order chi connectivity index (χ1) is 10.9. The number of nitrogens with two attached hydrogens (primary N) is 1. The molecule has 0 fully saturated rings. The number of esters is 1. The largest absolute Gasteiger partial charge is 0.463 e. The second kappa shape index (κ2) is 5.71. The zero-order chi connectivity index (χ0) is 16.6. The van der Waals surface area contributed by atoms with E-state index < -0.39 is 16.0 Å². The minimum Gasteiger partial charge on any atom is -0.463 e. The van der Waals surface area contributed by atoms with Gasteiger partial charge in [-0.05, 0) is 36.2 Å². The van der Waals surface area contributed by atoms with Crippen LogP contribution < -0.4 is 10.0 Å². The molecule has 1 aromatic carbocycles. The number of furan rings is 1. The first-order valence-corrected chi connectivity index (χ1v) is 8.50. The third-order valence-corrected chi connectivity index (χ3v) is 4.76. The van der Waals surface area contributed by atoms with Crippen LogP contribution in [0.3, 0.4) is 0 Å². The second-order valence-corrected chi connectivity index (χ2v) is 6.84. The van der Waals surface area contributed by atoms with E-state index in [-0.39, 0.29) is 10.7 Å². The number of rotatable bonds is 4. The zero-order valence-electron chi connectivity index (χ0n) is 12.5. The van der Waals surface area contributed by atoms with Gasteiger partial charge < -0.3 is 14.1 Å². The van der Waals surface area contributed by atoms with Crippen LogP contribution in [0.25, 0.3) is 0 Å². The van der Waals surface area contributed by atoms with Crippen LogP contribution in [0.2, 0.25) is 0 Å². The first kappa shape index (κ1) is 15.6. The number of anilines is 1. The van der Waals surface area contributed by atoms with Crippen LogP contribution in [-0.4, -0.2) is 28.0 Å². The van der Waals surface area contributed by atoms with Crippen LogP contribution in [0.15, 0.2) is 39.8 Å². The van der Waals surface area contributed by atoms with Gasteiger partial charge in [-0.15, -0.1) is 0 Å². The van der Waals surface area contributed by atoms with Crippen molar-refractivity contribution in [2.75, 3.05) is 18.6 Å². The Labute approximate surface area is 133 Å². The number of ether oxygens (including phenoxy) is 1. The van der Waals surface area contributed by atoms with Gasteiger partial charge in [0.15, 0.2) is 0 Å². The molecule has 7 nitrogen and oxygen atoms in total. The van der Waals surface area contributed by atoms with E-state index in [9.17, 15) is 13.2 Å². The summed E-state index contributed by atoms with van der Waals surface area (Å²) in [5, 5.41) is 5.16. The van der Waals surface area contributed by atoms with E-state index in [0.717, 1.165) is 23.4 Å². The Hall–Kier alpha value is -2.32. The summed E-state index contributed by atoms with van der Waals surface area (Å²) in [6.45, 7) is 1.19. The predicted molar refractivity (Wildman–Crippen MR) is 82.6 cm³/mol. The van der Waals surface area contributed by atoms with Gasteiger partial charge in [0, 0.05) is 24.3 Å². The number of primary sulfonamides is 1. The van der Waals surface area contributed by atoms with Gasteiger partial charge in [0.25, 0.3) is 0 Å². The lowest BCUT2D eigenvalue weighted by Gasteiger charge is -2.19. The Kier molecular flexibility index (Phi) is 3.87. The van der Waals surface area contributed by atoms with E-state index in [0.29, 0.717) is 13.0 Å². The van der Waals surface area contributed by atoms with Crippen LogP contribution in [0, 0.1) is 0 Å². The molecule has 23 heavy (non-hydrogen) atoms. The summed E-state index contributed by atoms with van der Waals surface area (Å²) in [7, 11) is -2.41. The molecule has 1 aromatic heterocycles. The second-order valence-electron chi connectivity index (χ2n) is 5.27. The van der Waals surface area contributed by atoms with Crippen molar-refractivity contribution in [3.05, 3.63) is 47.4 Å². The molecule has 0 unspecified atom stereocenters. The molecule has 0 radical (unpaired) electrons. The molecular formula is C15H16N2O5S. The highest BCUT2D eigenvalue weighted by atomic mass is 32.2. The number of hydrogen-bond acceptors (Lipinski definition) is 6. The molecule has 0 saturated carbocycles. The molecule has 122 valence electrons. The molecule has 0 amide bonds. The minimum absolute atomic E-state index is 0.108. The number of hydrogen-bond donors (Lipinski definition) is 1. The molecule has 0 bridgehead atoms. The molecule has 0 saturated heterocycles. The lowest BCUT2D eigenvalue weighted by molar-refractivity contribution is 0.0563. The van der Waals surface area contributed by atoms with Gasteiger partial charge in [-0.2, -0.15) is 0 Å². The third-order valence-electron chi connectivity index (χ3n) is 3.85. The van der Waals surface area contributed by atoms with E-state index in [1.165, 1.54) is 19.4 Å². The highest BCUT2D eigenvalue weighted by molar-refractivity contribution is 7.89. The fourth-order valence-electron chi connectivity index (χ4n) is 2.73. The molecule has 1 aliphatic heterocycles. The zero-order valence-corrected chi connectivity index (χ0v) is 13.3. The van der Waals surface area contributed by atoms with Crippen molar-refractivity contribution in [1.29, 1.82) is 0 Å². The minimum atomic E-state index is -3.71. The van der Waals surface area contributed by atoms with Crippen molar-refractivity contribution in [1.82, 2.24) is 0 Å². The number of carbonyl (C=O) groups is 1. The van der Waals surface area contributed by atoms with Gasteiger partial charge in [0.1, 0.15) is 0 Å². The smallest absolute Gasteiger partial charge is 0.374 e. The molecule has 2 aromatic rings. The monoisotopic (exact) mass is 336 g/mol. The van der Waals surface area contributed by atoms with Crippen LogP contribution in [0.4, 0.5) is 5.69 Å². The van der Waals surface area contributed by atoms with Gasteiger partial charge in [-0.3, -0.25) is 0 Å². The summed E-state index contributed by atoms with van der Waals surface area (Å²) in [6.07, 6.45) is 2.16. The Balaban J connectivity index is 1.87. The summed E-state index contributed by atoms with van der Waals surface area (Å²) in [4.78, 5) is 13.8. The normalized spacial score (nSPS) is 13.9. The molecule has 2 heterocycles. The lowest BCUT2D eigenvalue weighted by Crippen LogP contribution is -2.21. The third kappa shape index (κ3) is 2.95. The molecule has 0 aliphatic carbocycles. The average Bonchev–Trinajstić information content (AvgIpc) is 3.13. The lowest BCUT2D eigenvalue weighted by atomic mass is 10.1. The molecule has 1 aliphatic rings. The number of benzene rings is 1. The summed E-state index contributed by atoms with van der Waals surface area (Å²) in [5.74, 6) is -0.337. The molecule has 0 spiro atoms. The van der Waals surface area contributed by atoms with Crippen molar-refractivity contribution >= 4 is 21.7 Å². The van der Waals surface area contributed by atoms with E-state index >= 15 is 0 Å². The fraction of sp³-hybridized carbons (Fsp3) is 0.267. The number of carbonyl (C=O) groups excluding carboxylic acids is 1. The summed E-state index contributed by atoms with van der Waals surface area (Å²) in [5.41, 5.74) is 2.56. The van der Waals surface area contributed by atoms with Gasteiger partial charge in [-0.25, -0.2) is 18.4 Å². The SMILES string of the molecule is COC(=O)c1occc1CN1CCc2cc(S(N)(=O)=O)ccc21. The Morgan fingerprint density at radius 1 is 1.39 bits per heavy atom. The Morgan fingerprint density at radius 2 is 2.17 bits per heavy atom. The van der Waals surface area contributed by atoms with Gasteiger partial charge in [0.2, 0.25) is 15.8 Å². The quantitative estimate of drug-likeness (QED) is 0.844. The maximum atomic E-state index is 11.7. The molecule has 3 rings (SSSR count). The summed E-state index contributed by atoms with van der Waals surface area (Å²) < 4.78 is 32.7. The van der Waals surface area contributed by atoms with E-state index in [1.807, 2.05) is 0 Å². The molecule has 8 heteroatoms. The van der Waals surface area contributed by atoms with Crippen LogP contribution in [0.5, 0.6) is 0 Å². The molecular weight excluding hydrogens is 320 g/mol. The van der Waals surface area contributed by atoms with Crippen LogP contribution in [-0.2, 0) is 27.7 Å². The Bertz CT molecular complexity index is 857. The number of methoxy groups -OCH3 is 1. The summed E-state index contributed by atoms with van der Waals surface area (Å²) >= 11 is 0. The Morgan fingerprint density at radius 3 is 2.87 bits per heavy atom. The van der Waals surface area contributed by atoms with Crippen LogP contribution >= 0.6 is 0 Å².